The summed E-state index contributed by atoms with van der Waals surface area (Å²) in [5, 5.41) is 19.3. The molecule has 144 valence electrons. The van der Waals surface area contributed by atoms with Crippen LogP contribution < -0.4 is 0 Å². The van der Waals surface area contributed by atoms with Crippen LogP contribution in [0.25, 0.3) is 0 Å². The summed E-state index contributed by atoms with van der Waals surface area (Å²) in [6, 6.07) is 2.39. The molecule has 9 atom stereocenters. The zero-order valence-corrected chi connectivity index (χ0v) is 16.7. The summed E-state index contributed by atoms with van der Waals surface area (Å²) >= 11 is 0. The van der Waals surface area contributed by atoms with Crippen LogP contribution in [0, 0.1) is 57.7 Å². The van der Waals surface area contributed by atoms with E-state index < -0.39 is 0 Å². The molecule has 4 fully saturated rings. The first-order valence-electron chi connectivity index (χ1n) is 10.9. The number of nitriles is 1. The highest BCUT2D eigenvalue weighted by atomic mass is 16.3. The monoisotopic (exact) mass is 357 g/mol. The molecule has 3 unspecified atom stereocenters. The number of aliphatic hydroxyl groups excluding tert-OH is 1. The highest BCUT2D eigenvalue weighted by Gasteiger charge is 2.62. The van der Waals surface area contributed by atoms with Gasteiger partial charge in [-0.25, -0.2) is 0 Å². The van der Waals surface area contributed by atoms with Gasteiger partial charge in [0.2, 0.25) is 0 Å². The van der Waals surface area contributed by atoms with E-state index in [9.17, 15) is 9.90 Å². The number of rotatable bonds is 2. The Balaban J connectivity index is 1.62. The van der Waals surface area contributed by atoms with Crippen molar-refractivity contribution in [3.8, 4) is 6.07 Å². The molecule has 0 aromatic heterocycles. The van der Waals surface area contributed by atoms with Gasteiger partial charge >= 0.3 is 0 Å². The number of carbonyl (C=O) groups excluding carboxylic acids is 1. The molecule has 0 aromatic rings. The van der Waals surface area contributed by atoms with Crippen molar-refractivity contribution in [2.75, 3.05) is 0 Å². The lowest BCUT2D eigenvalue weighted by Crippen LogP contribution is -2.57. The van der Waals surface area contributed by atoms with Gasteiger partial charge in [0.25, 0.3) is 0 Å². The molecular formula is C23H35NO2. The number of fused-ring (bicyclic) bond motifs is 5. The maximum atomic E-state index is 13.1. The van der Waals surface area contributed by atoms with E-state index in [1.165, 1.54) is 25.7 Å². The Kier molecular flexibility index (Phi) is 4.50. The van der Waals surface area contributed by atoms with Gasteiger partial charge in [0.15, 0.2) is 0 Å². The van der Waals surface area contributed by atoms with Crippen LogP contribution >= 0.6 is 0 Å². The van der Waals surface area contributed by atoms with Crippen LogP contribution in [-0.4, -0.2) is 17.0 Å². The predicted octanol–water partition coefficient (Wildman–Crippen LogP) is 4.73. The van der Waals surface area contributed by atoms with Gasteiger partial charge in [-0.05, 0) is 85.4 Å². The van der Waals surface area contributed by atoms with Crippen molar-refractivity contribution in [2.45, 2.75) is 84.7 Å². The Morgan fingerprint density at radius 1 is 1.15 bits per heavy atom. The Morgan fingerprint density at radius 3 is 2.58 bits per heavy atom. The molecule has 0 saturated heterocycles. The van der Waals surface area contributed by atoms with Gasteiger partial charge < -0.3 is 5.11 Å². The molecule has 0 heterocycles. The molecule has 1 N–H and O–H groups in total. The molecule has 26 heavy (non-hydrogen) atoms. The second kappa shape index (κ2) is 6.33. The third-order valence-electron chi connectivity index (χ3n) is 9.60. The fraction of sp³-hybridized carbons (Fsp3) is 0.913. The Bertz CT molecular complexity index is 624. The van der Waals surface area contributed by atoms with E-state index in [2.05, 4.69) is 26.8 Å². The summed E-state index contributed by atoms with van der Waals surface area (Å²) in [6.07, 6.45) is 8.70. The molecule has 4 rings (SSSR count). The van der Waals surface area contributed by atoms with Crippen molar-refractivity contribution >= 4 is 5.78 Å². The van der Waals surface area contributed by atoms with Crippen LogP contribution in [0.1, 0.15) is 78.6 Å². The summed E-state index contributed by atoms with van der Waals surface area (Å²) in [4.78, 5) is 13.1. The summed E-state index contributed by atoms with van der Waals surface area (Å²) in [5.41, 5.74) is 0.423. The lowest BCUT2D eigenvalue weighted by atomic mass is 9.44. The van der Waals surface area contributed by atoms with Crippen molar-refractivity contribution in [2.24, 2.45) is 46.3 Å². The minimum absolute atomic E-state index is 0.0894. The minimum atomic E-state index is -0.273. The largest absolute Gasteiger partial charge is 0.393 e. The molecule has 0 amide bonds. The number of hydrogen-bond acceptors (Lipinski definition) is 3. The van der Waals surface area contributed by atoms with Gasteiger partial charge in [0.05, 0.1) is 12.2 Å². The van der Waals surface area contributed by atoms with E-state index in [-0.39, 0.29) is 17.4 Å². The molecule has 0 bridgehead atoms. The first-order valence-corrected chi connectivity index (χ1v) is 10.9. The standard InChI is InChI=1S/C23H35NO2/c1-14(8-11-24)17-4-5-18-16-13-21(26)20-12-15(25)6-9-23(20,3)19(16)7-10-22(17,18)2/h14-20,25H,4-10,12-13H2,1-3H3/t14-,15-,16?,17-,18?,19?,20+,22-,23-/m1/s1. The molecule has 4 saturated carbocycles. The number of Topliss-reactive ketones (excluding diaryl/α,β-unsaturated/α-hetero) is 1. The fourth-order valence-electron chi connectivity index (χ4n) is 8.28. The molecular weight excluding hydrogens is 322 g/mol. The van der Waals surface area contributed by atoms with Crippen molar-refractivity contribution in [1.29, 1.82) is 5.26 Å². The molecule has 0 aliphatic heterocycles. The van der Waals surface area contributed by atoms with Gasteiger partial charge in [-0.1, -0.05) is 20.8 Å². The topological polar surface area (TPSA) is 61.1 Å². The maximum Gasteiger partial charge on any atom is 0.136 e. The molecule has 0 spiro atoms. The van der Waals surface area contributed by atoms with Gasteiger partial charge in [-0.3, -0.25) is 4.79 Å². The predicted molar refractivity (Wildman–Crippen MR) is 101 cm³/mol. The SMILES string of the molecule is C[C@H](CC#N)[C@H]1CCC2C3CC(=O)[C@@H]4C[C@H](O)CC[C@]4(C)C3CC[C@@]21C. The quantitative estimate of drug-likeness (QED) is 0.777. The molecule has 4 aliphatic rings. The zero-order chi connectivity index (χ0) is 18.7. The van der Waals surface area contributed by atoms with E-state index in [1.807, 2.05) is 0 Å². The van der Waals surface area contributed by atoms with Gasteiger partial charge in [0.1, 0.15) is 5.78 Å². The second-order valence-electron chi connectivity index (χ2n) is 10.6. The van der Waals surface area contributed by atoms with E-state index in [0.717, 1.165) is 19.3 Å². The summed E-state index contributed by atoms with van der Waals surface area (Å²) < 4.78 is 0. The van der Waals surface area contributed by atoms with Crippen LogP contribution in [0.5, 0.6) is 0 Å². The third kappa shape index (κ3) is 2.51. The van der Waals surface area contributed by atoms with Crippen LogP contribution in [-0.2, 0) is 4.79 Å². The average molecular weight is 358 g/mol. The van der Waals surface area contributed by atoms with Crippen molar-refractivity contribution in [3.63, 3.8) is 0 Å². The molecule has 0 aromatic carbocycles. The average Bonchev–Trinajstić information content (AvgIpc) is 2.94. The number of ketones is 1. The first-order chi connectivity index (χ1) is 12.3. The van der Waals surface area contributed by atoms with Gasteiger partial charge in [-0.15, -0.1) is 0 Å². The summed E-state index contributed by atoms with van der Waals surface area (Å²) in [6.45, 7) is 7.11. The van der Waals surface area contributed by atoms with Crippen LogP contribution in [0.3, 0.4) is 0 Å². The number of carbonyl (C=O) groups is 1. The molecule has 0 radical (unpaired) electrons. The van der Waals surface area contributed by atoms with E-state index in [4.69, 9.17) is 5.26 Å². The fourth-order valence-corrected chi connectivity index (χ4v) is 8.28. The van der Waals surface area contributed by atoms with Gasteiger partial charge in [-0.2, -0.15) is 5.26 Å². The van der Waals surface area contributed by atoms with Crippen LogP contribution in [0.15, 0.2) is 0 Å². The minimum Gasteiger partial charge on any atom is -0.393 e. The normalized spacial score (nSPS) is 51.7. The lowest BCUT2D eigenvalue weighted by molar-refractivity contribution is -0.160. The van der Waals surface area contributed by atoms with E-state index >= 15 is 0 Å². The Morgan fingerprint density at radius 2 is 1.85 bits per heavy atom. The highest BCUT2D eigenvalue weighted by molar-refractivity contribution is 5.83. The van der Waals surface area contributed by atoms with Crippen LogP contribution in [0.2, 0.25) is 0 Å². The summed E-state index contributed by atoms with van der Waals surface area (Å²) in [5.74, 6) is 3.48. The lowest BCUT2D eigenvalue weighted by Gasteiger charge is -2.60. The molecule has 3 heteroatoms. The Labute approximate surface area is 158 Å². The van der Waals surface area contributed by atoms with Crippen LogP contribution in [0.4, 0.5) is 0 Å². The van der Waals surface area contributed by atoms with Crippen molar-refractivity contribution < 1.29 is 9.90 Å². The zero-order valence-electron chi connectivity index (χ0n) is 16.7. The molecule has 3 nitrogen and oxygen atoms in total. The molecule has 4 aliphatic carbocycles. The first kappa shape index (κ1) is 18.5. The van der Waals surface area contributed by atoms with Crippen molar-refractivity contribution in [3.05, 3.63) is 0 Å². The van der Waals surface area contributed by atoms with E-state index in [1.54, 1.807) is 0 Å². The number of nitrogens with zero attached hydrogens (tertiary/aromatic N) is 1. The Hall–Kier alpha value is -0.880. The maximum absolute atomic E-state index is 13.1. The smallest absolute Gasteiger partial charge is 0.136 e. The summed E-state index contributed by atoms with van der Waals surface area (Å²) in [7, 11) is 0. The van der Waals surface area contributed by atoms with E-state index in [0.29, 0.717) is 53.6 Å². The van der Waals surface area contributed by atoms with Gasteiger partial charge in [0, 0.05) is 18.8 Å². The van der Waals surface area contributed by atoms with Crippen molar-refractivity contribution in [1.82, 2.24) is 0 Å². The third-order valence-corrected chi connectivity index (χ3v) is 9.60. The second-order valence-corrected chi connectivity index (χ2v) is 10.6. The number of aliphatic hydroxyl groups is 1. The highest BCUT2D eigenvalue weighted by Crippen LogP contribution is 2.67. The number of hydrogen-bond donors (Lipinski definition) is 1.